The Morgan fingerprint density at radius 2 is 1.55 bits per heavy atom. The van der Waals surface area contributed by atoms with Gasteiger partial charge in [0.25, 0.3) is 0 Å². The SMILES string of the molecule is N#C/C(=C\c1nc2ccccc2s1)c1nc2ccccc2s1. The monoisotopic (exact) mass is 319 g/mol. The summed E-state index contributed by atoms with van der Waals surface area (Å²) in [6.07, 6.45) is 1.82. The predicted octanol–water partition coefficient (Wildman–Crippen LogP) is 4.97. The van der Waals surface area contributed by atoms with Gasteiger partial charge in [0, 0.05) is 0 Å². The molecule has 0 aliphatic rings. The number of nitrogens with zero attached hydrogens (tertiary/aromatic N) is 3. The lowest BCUT2D eigenvalue weighted by atomic mass is 10.3. The molecule has 2 heterocycles. The van der Waals surface area contributed by atoms with Crippen LogP contribution in [0.1, 0.15) is 10.0 Å². The van der Waals surface area contributed by atoms with Crippen molar-refractivity contribution in [3.8, 4) is 6.07 Å². The van der Waals surface area contributed by atoms with E-state index in [1.807, 2.05) is 54.6 Å². The summed E-state index contributed by atoms with van der Waals surface area (Å²) < 4.78 is 2.21. The van der Waals surface area contributed by atoms with Crippen LogP contribution < -0.4 is 0 Å². The highest BCUT2D eigenvalue weighted by Gasteiger charge is 2.10. The fraction of sp³-hybridized carbons (Fsp3) is 0. The fourth-order valence-electron chi connectivity index (χ4n) is 2.20. The van der Waals surface area contributed by atoms with Gasteiger partial charge in [-0.25, -0.2) is 9.97 Å². The number of rotatable bonds is 2. The highest BCUT2D eigenvalue weighted by atomic mass is 32.1. The zero-order chi connectivity index (χ0) is 14.9. The number of thiazole rings is 2. The van der Waals surface area contributed by atoms with Crippen molar-refractivity contribution in [2.75, 3.05) is 0 Å². The second kappa shape index (κ2) is 5.34. The zero-order valence-corrected chi connectivity index (χ0v) is 13.0. The molecule has 2 aromatic heterocycles. The quantitative estimate of drug-likeness (QED) is 0.490. The van der Waals surface area contributed by atoms with Crippen LogP contribution in [-0.4, -0.2) is 9.97 Å². The van der Waals surface area contributed by atoms with Crippen LogP contribution in [0.5, 0.6) is 0 Å². The van der Waals surface area contributed by atoms with Gasteiger partial charge in [0.05, 0.1) is 26.0 Å². The van der Waals surface area contributed by atoms with E-state index in [4.69, 9.17) is 0 Å². The summed E-state index contributed by atoms with van der Waals surface area (Å²) in [6, 6.07) is 18.1. The number of aromatic nitrogens is 2. The van der Waals surface area contributed by atoms with Gasteiger partial charge in [-0.3, -0.25) is 0 Å². The first-order valence-electron chi connectivity index (χ1n) is 6.67. The van der Waals surface area contributed by atoms with E-state index in [9.17, 15) is 5.26 Å². The molecular formula is C17H9N3S2. The smallest absolute Gasteiger partial charge is 0.135 e. The minimum atomic E-state index is 0.556. The van der Waals surface area contributed by atoms with Crippen LogP contribution in [0, 0.1) is 11.3 Å². The number of para-hydroxylation sites is 2. The minimum absolute atomic E-state index is 0.556. The third-order valence-electron chi connectivity index (χ3n) is 3.22. The number of allylic oxidation sites excluding steroid dienone is 1. The molecule has 0 fully saturated rings. The van der Waals surface area contributed by atoms with Crippen LogP contribution in [0.4, 0.5) is 0 Å². The van der Waals surface area contributed by atoms with Crippen molar-refractivity contribution in [1.29, 1.82) is 5.26 Å². The normalized spacial score (nSPS) is 11.9. The van der Waals surface area contributed by atoms with Crippen LogP contribution in [0.25, 0.3) is 32.1 Å². The maximum atomic E-state index is 9.47. The van der Waals surface area contributed by atoms with Crippen molar-refractivity contribution in [1.82, 2.24) is 9.97 Å². The van der Waals surface area contributed by atoms with E-state index in [1.165, 1.54) is 11.3 Å². The van der Waals surface area contributed by atoms with Crippen molar-refractivity contribution in [3.63, 3.8) is 0 Å². The van der Waals surface area contributed by atoms with Gasteiger partial charge in [0.15, 0.2) is 0 Å². The van der Waals surface area contributed by atoms with Gasteiger partial charge in [-0.15, -0.1) is 22.7 Å². The largest absolute Gasteiger partial charge is 0.237 e. The summed E-state index contributed by atoms with van der Waals surface area (Å²) >= 11 is 3.11. The van der Waals surface area contributed by atoms with Crippen LogP contribution >= 0.6 is 22.7 Å². The summed E-state index contributed by atoms with van der Waals surface area (Å²) in [5.74, 6) is 0. The summed E-state index contributed by atoms with van der Waals surface area (Å²) in [6.45, 7) is 0. The van der Waals surface area contributed by atoms with E-state index in [-0.39, 0.29) is 0 Å². The Labute approximate surface area is 134 Å². The molecule has 22 heavy (non-hydrogen) atoms. The predicted molar refractivity (Wildman–Crippen MR) is 92.7 cm³/mol. The number of hydrogen-bond donors (Lipinski definition) is 0. The summed E-state index contributed by atoms with van der Waals surface area (Å²) in [7, 11) is 0. The van der Waals surface area contributed by atoms with Gasteiger partial charge >= 0.3 is 0 Å². The Balaban J connectivity index is 1.82. The van der Waals surface area contributed by atoms with E-state index in [0.717, 1.165) is 30.4 Å². The fourth-order valence-corrected chi connectivity index (χ4v) is 4.05. The van der Waals surface area contributed by atoms with Crippen molar-refractivity contribution < 1.29 is 0 Å². The average molecular weight is 319 g/mol. The molecule has 0 aliphatic heterocycles. The van der Waals surface area contributed by atoms with E-state index < -0.39 is 0 Å². The summed E-state index contributed by atoms with van der Waals surface area (Å²) in [5, 5.41) is 11.0. The molecule has 0 N–H and O–H groups in total. The molecule has 0 saturated carbocycles. The Kier molecular flexibility index (Phi) is 3.19. The van der Waals surface area contributed by atoms with Crippen LogP contribution in [0.15, 0.2) is 48.5 Å². The Morgan fingerprint density at radius 1 is 0.909 bits per heavy atom. The van der Waals surface area contributed by atoms with E-state index in [2.05, 4.69) is 16.0 Å². The first-order chi connectivity index (χ1) is 10.8. The highest BCUT2D eigenvalue weighted by Crippen LogP contribution is 2.30. The van der Waals surface area contributed by atoms with E-state index >= 15 is 0 Å². The highest BCUT2D eigenvalue weighted by molar-refractivity contribution is 7.20. The molecule has 4 aromatic rings. The third kappa shape index (κ3) is 2.29. The van der Waals surface area contributed by atoms with Crippen molar-refractivity contribution >= 4 is 54.8 Å². The third-order valence-corrected chi connectivity index (χ3v) is 5.28. The molecule has 2 aromatic carbocycles. The molecule has 0 aliphatic carbocycles. The van der Waals surface area contributed by atoms with Gasteiger partial charge in [0.2, 0.25) is 0 Å². The molecule has 5 heteroatoms. The van der Waals surface area contributed by atoms with Crippen LogP contribution in [0.2, 0.25) is 0 Å². The molecule has 0 unspecified atom stereocenters. The molecule has 4 rings (SSSR count). The number of hydrogen-bond acceptors (Lipinski definition) is 5. The molecule has 0 radical (unpaired) electrons. The van der Waals surface area contributed by atoms with Gasteiger partial charge < -0.3 is 0 Å². The van der Waals surface area contributed by atoms with Crippen molar-refractivity contribution in [2.24, 2.45) is 0 Å². The van der Waals surface area contributed by atoms with Crippen molar-refractivity contribution in [2.45, 2.75) is 0 Å². The lowest BCUT2D eigenvalue weighted by Gasteiger charge is -1.89. The number of benzene rings is 2. The Bertz CT molecular complexity index is 984. The molecular weight excluding hydrogens is 310 g/mol. The van der Waals surface area contributed by atoms with Gasteiger partial charge in [0.1, 0.15) is 16.1 Å². The Hall–Kier alpha value is -2.55. The molecule has 0 bridgehead atoms. The van der Waals surface area contributed by atoms with Crippen LogP contribution in [-0.2, 0) is 0 Å². The second-order valence-corrected chi connectivity index (χ2v) is 6.77. The van der Waals surface area contributed by atoms with E-state index in [0.29, 0.717) is 5.57 Å². The minimum Gasteiger partial charge on any atom is -0.237 e. The summed E-state index contributed by atoms with van der Waals surface area (Å²) in [4.78, 5) is 9.09. The molecule has 0 spiro atoms. The molecule has 0 atom stereocenters. The van der Waals surface area contributed by atoms with E-state index in [1.54, 1.807) is 11.3 Å². The Morgan fingerprint density at radius 3 is 2.18 bits per heavy atom. The maximum absolute atomic E-state index is 9.47. The van der Waals surface area contributed by atoms with Gasteiger partial charge in [-0.1, -0.05) is 24.3 Å². The van der Waals surface area contributed by atoms with Gasteiger partial charge in [-0.2, -0.15) is 5.26 Å². The standard InChI is InChI=1S/C17H9N3S2/c18-10-11(17-20-13-6-2-4-8-15(13)22-17)9-16-19-12-5-1-3-7-14(12)21-16/h1-9H/b11-9+. The van der Waals surface area contributed by atoms with Crippen LogP contribution in [0.3, 0.4) is 0 Å². The molecule has 0 amide bonds. The van der Waals surface area contributed by atoms with Gasteiger partial charge in [-0.05, 0) is 30.3 Å². The number of fused-ring (bicyclic) bond motifs is 2. The molecule has 0 saturated heterocycles. The zero-order valence-electron chi connectivity index (χ0n) is 11.4. The average Bonchev–Trinajstić information content (AvgIpc) is 3.15. The second-order valence-electron chi connectivity index (χ2n) is 4.68. The first-order valence-corrected chi connectivity index (χ1v) is 8.30. The molecule has 104 valence electrons. The lowest BCUT2D eigenvalue weighted by Crippen LogP contribution is -1.79. The van der Waals surface area contributed by atoms with Crippen molar-refractivity contribution in [3.05, 3.63) is 58.5 Å². The first kappa shape index (κ1) is 13.1. The maximum Gasteiger partial charge on any atom is 0.135 e. The summed E-state index contributed by atoms with van der Waals surface area (Å²) in [5.41, 5.74) is 2.44. The topological polar surface area (TPSA) is 49.6 Å². The number of nitriles is 1. The lowest BCUT2D eigenvalue weighted by molar-refractivity contribution is 1.43. The molecule has 3 nitrogen and oxygen atoms in total.